The molecule has 0 amide bonds. The first-order chi connectivity index (χ1) is 7.58. The summed E-state index contributed by atoms with van der Waals surface area (Å²) in [5.41, 5.74) is 6.77. The summed E-state index contributed by atoms with van der Waals surface area (Å²) in [6, 6.07) is 3.99. The van der Waals surface area contributed by atoms with Crippen molar-refractivity contribution in [1.29, 1.82) is 0 Å². The molecule has 0 aliphatic rings. The van der Waals surface area contributed by atoms with Crippen molar-refractivity contribution in [2.75, 3.05) is 7.11 Å². The number of carbonyl (C=O) groups is 1. The monoisotopic (exact) mass is 225 g/mol. The van der Waals surface area contributed by atoms with Crippen LogP contribution in [-0.2, 0) is 22.6 Å². The third-order valence-corrected chi connectivity index (χ3v) is 2.27. The van der Waals surface area contributed by atoms with Gasteiger partial charge < -0.3 is 20.7 Å². The van der Waals surface area contributed by atoms with Gasteiger partial charge in [0.2, 0.25) is 0 Å². The molecule has 0 aromatic heterocycles. The van der Waals surface area contributed by atoms with E-state index >= 15 is 0 Å². The van der Waals surface area contributed by atoms with E-state index in [1.165, 1.54) is 13.2 Å². The second-order valence-electron chi connectivity index (χ2n) is 3.45. The highest BCUT2D eigenvalue weighted by molar-refractivity contribution is 5.75. The summed E-state index contributed by atoms with van der Waals surface area (Å²) >= 11 is 0. The minimum atomic E-state index is -0.735. The van der Waals surface area contributed by atoms with Crippen molar-refractivity contribution >= 4 is 5.97 Å². The first-order valence-corrected chi connectivity index (χ1v) is 4.83. The Morgan fingerprint density at radius 2 is 2.25 bits per heavy atom. The molecule has 0 aliphatic heterocycles. The number of ether oxygens (including phenoxy) is 1. The third kappa shape index (κ3) is 2.95. The standard InChI is InChI=1S/C11H15NO4/c1-16-11(15)9(12)5-7-2-3-10(14)8(4-7)6-13/h2-4,9,13-14H,5-6,12H2,1H3/t9-/m1/s1. The lowest BCUT2D eigenvalue weighted by Crippen LogP contribution is -2.33. The van der Waals surface area contributed by atoms with Gasteiger partial charge in [0.25, 0.3) is 0 Å². The Labute approximate surface area is 93.5 Å². The van der Waals surface area contributed by atoms with Gasteiger partial charge in [-0.25, -0.2) is 0 Å². The zero-order chi connectivity index (χ0) is 12.1. The van der Waals surface area contributed by atoms with Gasteiger partial charge in [-0.05, 0) is 24.1 Å². The molecule has 0 saturated heterocycles. The van der Waals surface area contributed by atoms with E-state index < -0.39 is 12.0 Å². The molecule has 0 radical (unpaired) electrons. The lowest BCUT2D eigenvalue weighted by atomic mass is 10.0. The molecule has 88 valence electrons. The van der Waals surface area contributed by atoms with Gasteiger partial charge in [-0.2, -0.15) is 0 Å². The number of hydrogen-bond acceptors (Lipinski definition) is 5. The van der Waals surface area contributed by atoms with E-state index in [1.807, 2.05) is 0 Å². The summed E-state index contributed by atoms with van der Waals surface area (Å²) in [6.07, 6.45) is 0.306. The Bertz CT molecular complexity index is 378. The first kappa shape index (κ1) is 12.5. The van der Waals surface area contributed by atoms with Gasteiger partial charge in [-0.3, -0.25) is 4.79 Å². The van der Waals surface area contributed by atoms with Crippen LogP contribution in [0.15, 0.2) is 18.2 Å². The summed E-state index contributed by atoms with van der Waals surface area (Å²) in [6.45, 7) is -0.257. The number of esters is 1. The number of carbonyl (C=O) groups excluding carboxylic acids is 1. The van der Waals surface area contributed by atoms with Crippen LogP contribution in [0.4, 0.5) is 0 Å². The molecule has 0 aliphatic carbocycles. The normalized spacial score (nSPS) is 12.2. The van der Waals surface area contributed by atoms with Crippen LogP contribution >= 0.6 is 0 Å². The van der Waals surface area contributed by atoms with Gasteiger partial charge in [0.15, 0.2) is 0 Å². The Hall–Kier alpha value is -1.59. The Morgan fingerprint density at radius 1 is 1.56 bits per heavy atom. The lowest BCUT2D eigenvalue weighted by Gasteiger charge is -2.10. The molecule has 1 aromatic carbocycles. The van der Waals surface area contributed by atoms with Crippen LogP contribution in [0.3, 0.4) is 0 Å². The molecule has 1 atom stereocenters. The number of phenols is 1. The highest BCUT2D eigenvalue weighted by Gasteiger charge is 2.14. The molecule has 0 unspecified atom stereocenters. The third-order valence-electron chi connectivity index (χ3n) is 2.27. The number of hydrogen-bond donors (Lipinski definition) is 3. The molecule has 0 saturated carbocycles. The number of aromatic hydroxyl groups is 1. The van der Waals surface area contributed by atoms with Gasteiger partial charge >= 0.3 is 5.97 Å². The molecule has 0 heterocycles. The van der Waals surface area contributed by atoms with Gasteiger partial charge in [0.05, 0.1) is 13.7 Å². The Kier molecular flexibility index (Phi) is 4.28. The lowest BCUT2D eigenvalue weighted by molar-refractivity contribution is -0.142. The van der Waals surface area contributed by atoms with Crippen LogP contribution in [0.25, 0.3) is 0 Å². The molecule has 1 aromatic rings. The summed E-state index contributed by atoms with van der Waals surface area (Å²) in [5.74, 6) is -0.462. The molecule has 16 heavy (non-hydrogen) atoms. The van der Waals surface area contributed by atoms with Gasteiger partial charge in [-0.1, -0.05) is 6.07 Å². The van der Waals surface area contributed by atoms with Crippen molar-refractivity contribution in [2.45, 2.75) is 19.1 Å². The number of aliphatic hydroxyl groups is 1. The second kappa shape index (κ2) is 5.48. The fourth-order valence-corrected chi connectivity index (χ4v) is 1.38. The van der Waals surface area contributed by atoms with Gasteiger partial charge in [-0.15, -0.1) is 0 Å². The summed E-state index contributed by atoms with van der Waals surface area (Å²) in [7, 11) is 1.28. The number of nitrogens with two attached hydrogens (primary N) is 1. The van der Waals surface area contributed by atoms with Crippen LogP contribution < -0.4 is 5.73 Å². The smallest absolute Gasteiger partial charge is 0.322 e. The van der Waals surface area contributed by atoms with E-state index in [4.69, 9.17) is 10.8 Å². The van der Waals surface area contributed by atoms with Crippen molar-refractivity contribution in [2.24, 2.45) is 5.73 Å². The number of aliphatic hydroxyl groups excluding tert-OH is 1. The second-order valence-corrected chi connectivity index (χ2v) is 3.45. The Balaban J connectivity index is 2.78. The highest BCUT2D eigenvalue weighted by atomic mass is 16.5. The number of rotatable bonds is 4. The average molecular weight is 225 g/mol. The molecule has 5 nitrogen and oxygen atoms in total. The maximum absolute atomic E-state index is 11.1. The van der Waals surface area contributed by atoms with E-state index in [9.17, 15) is 9.90 Å². The van der Waals surface area contributed by atoms with Crippen molar-refractivity contribution in [3.8, 4) is 5.75 Å². The van der Waals surface area contributed by atoms with Crippen LogP contribution in [-0.4, -0.2) is 29.3 Å². The van der Waals surface area contributed by atoms with Crippen molar-refractivity contribution in [3.63, 3.8) is 0 Å². The fourth-order valence-electron chi connectivity index (χ4n) is 1.38. The topological polar surface area (TPSA) is 92.8 Å². The molecule has 4 N–H and O–H groups in total. The van der Waals surface area contributed by atoms with E-state index in [0.29, 0.717) is 12.0 Å². The minimum Gasteiger partial charge on any atom is -0.508 e. The zero-order valence-electron chi connectivity index (χ0n) is 9.01. The number of methoxy groups -OCH3 is 1. The summed E-state index contributed by atoms with van der Waals surface area (Å²) in [5, 5.41) is 18.3. The first-order valence-electron chi connectivity index (χ1n) is 4.83. The number of benzene rings is 1. The van der Waals surface area contributed by atoms with E-state index in [-0.39, 0.29) is 12.4 Å². The summed E-state index contributed by atoms with van der Waals surface area (Å²) < 4.78 is 4.50. The molecule has 5 heteroatoms. The predicted octanol–water partition coefficient (Wildman–Crippen LogP) is -0.0727. The maximum Gasteiger partial charge on any atom is 0.322 e. The molecular formula is C11H15NO4. The van der Waals surface area contributed by atoms with Crippen molar-refractivity contribution in [1.82, 2.24) is 0 Å². The predicted molar refractivity (Wildman–Crippen MR) is 57.7 cm³/mol. The molecule has 0 spiro atoms. The molecule has 0 bridgehead atoms. The van der Waals surface area contributed by atoms with E-state index in [1.54, 1.807) is 12.1 Å². The largest absolute Gasteiger partial charge is 0.508 e. The van der Waals surface area contributed by atoms with Crippen molar-refractivity contribution < 1.29 is 19.7 Å². The average Bonchev–Trinajstić information content (AvgIpc) is 2.30. The maximum atomic E-state index is 11.1. The van der Waals surface area contributed by atoms with E-state index in [2.05, 4.69) is 4.74 Å². The van der Waals surface area contributed by atoms with Crippen molar-refractivity contribution in [3.05, 3.63) is 29.3 Å². The van der Waals surface area contributed by atoms with Gasteiger partial charge in [0.1, 0.15) is 11.8 Å². The SMILES string of the molecule is COC(=O)[C@H](N)Cc1ccc(O)c(CO)c1. The van der Waals surface area contributed by atoms with E-state index in [0.717, 1.165) is 5.56 Å². The van der Waals surface area contributed by atoms with Crippen LogP contribution in [0.5, 0.6) is 5.75 Å². The Morgan fingerprint density at radius 3 is 2.81 bits per heavy atom. The summed E-state index contributed by atoms with van der Waals surface area (Å²) in [4.78, 5) is 11.1. The van der Waals surface area contributed by atoms with Gasteiger partial charge in [0, 0.05) is 5.56 Å². The highest BCUT2D eigenvalue weighted by Crippen LogP contribution is 2.19. The zero-order valence-corrected chi connectivity index (χ0v) is 9.01. The van der Waals surface area contributed by atoms with Crippen LogP contribution in [0, 0.1) is 0 Å². The fraction of sp³-hybridized carbons (Fsp3) is 0.364. The van der Waals surface area contributed by atoms with Crippen LogP contribution in [0.2, 0.25) is 0 Å². The minimum absolute atomic E-state index is 0.0258. The molecule has 1 rings (SSSR count). The molecule has 0 fully saturated rings. The molecular weight excluding hydrogens is 210 g/mol. The quantitative estimate of drug-likeness (QED) is 0.624. The van der Waals surface area contributed by atoms with Crippen LogP contribution in [0.1, 0.15) is 11.1 Å².